The largest absolute Gasteiger partial charge is 0.462 e. The van der Waals surface area contributed by atoms with E-state index in [4.69, 9.17) is 10.5 Å². The fourth-order valence-electron chi connectivity index (χ4n) is 2.80. The summed E-state index contributed by atoms with van der Waals surface area (Å²) in [5.41, 5.74) is 6.97. The van der Waals surface area contributed by atoms with E-state index in [9.17, 15) is 4.79 Å². The van der Waals surface area contributed by atoms with E-state index in [1.54, 1.807) is 19.2 Å². The second kappa shape index (κ2) is 6.11. The molecule has 1 aromatic rings. The van der Waals surface area contributed by atoms with Gasteiger partial charge in [-0.25, -0.2) is 9.78 Å². The van der Waals surface area contributed by atoms with E-state index in [-0.39, 0.29) is 5.97 Å². The number of anilines is 2. The third-order valence-electron chi connectivity index (χ3n) is 3.87. The fraction of sp³-hybridized carbons (Fsp3) is 0.600. The maximum Gasteiger partial charge on any atom is 0.340 e. The summed E-state index contributed by atoms with van der Waals surface area (Å²) < 4.78 is 5.03. The number of piperidine rings is 1. The van der Waals surface area contributed by atoms with Crippen LogP contribution in [0.4, 0.5) is 11.5 Å². The minimum absolute atomic E-state index is 0.341. The van der Waals surface area contributed by atoms with Crippen molar-refractivity contribution < 1.29 is 9.53 Å². The highest BCUT2D eigenvalue weighted by atomic mass is 16.5. The van der Waals surface area contributed by atoms with Crippen molar-refractivity contribution in [3.05, 3.63) is 17.8 Å². The monoisotopic (exact) mass is 277 g/mol. The average Bonchev–Trinajstić information content (AvgIpc) is 2.40. The number of hydrogen-bond donors (Lipinski definition) is 1. The highest BCUT2D eigenvalue weighted by Gasteiger charge is 2.27. The lowest BCUT2D eigenvalue weighted by atomic mass is 9.93. The molecular weight excluding hydrogens is 254 g/mol. The van der Waals surface area contributed by atoms with E-state index in [2.05, 4.69) is 23.7 Å². The molecule has 0 aliphatic carbocycles. The van der Waals surface area contributed by atoms with Gasteiger partial charge >= 0.3 is 5.97 Å². The van der Waals surface area contributed by atoms with Gasteiger partial charge in [-0.15, -0.1) is 0 Å². The maximum absolute atomic E-state index is 11.9. The van der Waals surface area contributed by atoms with Crippen LogP contribution in [0.3, 0.4) is 0 Å². The number of nitrogen functional groups attached to an aromatic ring is 1. The summed E-state index contributed by atoms with van der Waals surface area (Å²) in [6.45, 7) is 7.48. The van der Waals surface area contributed by atoms with Crippen molar-refractivity contribution in [3.8, 4) is 0 Å². The Morgan fingerprint density at radius 2 is 2.30 bits per heavy atom. The van der Waals surface area contributed by atoms with Gasteiger partial charge in [-0.1, -0.05) is 6.92 Å². The molecular formula is C15H23N3O2. The van der Waals surface area contributed by atoms with Crippen molar-refractivity contribution in [1.82, 2.24) is 4.98 Å². The van der Waals surface area contributed by atoms with Crippen LogP contribution in [0.25, 0.3) is 0 Å². The highest BCUT2D eigenvalue weighted by Crippen LogP contribution is 2.31. The molecule has 1 saturated heterocycles. The van der Waals surface area contributed by atoms with Gasteiger partial charge in [0.1, 0.15) is 0 Å². The smallest absolute Gasteiger partial charge is 0.340 e. The Kier molecular flexibility index (Phi) is 4.47. The lowest BCUT2D eigenvalue weighted by Gasteiger charge is -2.38. The topological polar surface area (TPSA) is 68.5 Å². The van der Waals surface area contributed by atoms with Gasteiger partial charge in [-0.05, 0) is 38.7 Å². The molecule has 0 aromatic carbocycles. The number of carbonyl (C=O) groups excluding carboxylic acids is 1. The number of esters is 1. The summed E-state index contributed by atoms with van der Waals surface area (Å²) in [5, 5.41) is 0. The van der Waals surface area contributed by atoms with Crippen LogP contribution in [0.5, 0.6) is 0 Å². The van der Waals surface area contributed by atoms with Crippen molar-refractivity contribution in [2.75, 3.05) is 23.8 Å². The number of carbonyl (C=O) groups is 1. The molecule has 110 valence electrons. The first-order valence-corrected chi connectivity index (χ1v) is 7.22. The summed E-state index contributed by atoms with van der Waals surface area (Å²) in [6.07, 6.45) is 3.86. The van der Waals surface area contributed by atoms with Crippen LogP contribution in [0.2, 0.25) is 0 Å². The summed E-state index contributed by atoms with van der Waals surface area (Å²) in [7, 11) is 0. The number of nitrogens with two attached hydrogens (primary N) is 1. The van der Waals surface area contributed by atoms with Crippen LogP contribution >= 0.6 is 0 Å². The molecule has 2 N–H and O–H groups in total. The number of rotatable bonds is 3. The maximum atomic E-state index is 11.9. The van der Waals surface area contributed by atoms with Crippen LogP contribution in [0.15, 0.2) is 12.3 Å². The quantitative estimate of drug-likeness (QED) is 0.860. The number of ether oxygens (including phenoxy) is 1. The van der Waals surface area contributed by atoms with Crippen LogP contribution in [0.1, 0.15) is 44.0 Å². The molecule has 1 aliphatic rings. The summed E-state index contributed by atoms with van der Waals surface area (Å²) in [6, 6.07) is 2.00. The molecule has 0 radical (unpaired) electrons. The number of pyridine rings is 1. The van der Waals surface area contributed by atoms with Crippen molar-refractivity contribution in [1.29, 1.82) is 0 Å². The number of hydrogen-bond acceptors (Lipinski definition) is 5. The fourth-order valence-corrected chi connectivity index (χ4v) is 2.80. The van der Waals surface area contributed by atoms with Gasteiger partial charge in [-0.3, -0.25) is 0 Å². The predicted molar refractivity (Wildman–Crippen MR) is 79.8 cm³/mol. The Morgan fingerprint density at radius 1 is 1.55 bits per heavy atom. The molecule has 2 unspecified atom stereocenters. The van der Waals surface area contributed by atoms with E-state index < -0.39 is 0 Å². The molecule has 0 bridgehead atoms. The zero-order valence-corrected chi connectivity index (χ0v) is 12.4. The van der Waals surface area contributed by atoms with E-state index in [0.717, 1.165) is 25.3 Å². The molecule has 0 amide bonds. The second-order valence-corrected chi connectivity index (χ2v) is 5.49. The number of aromatic nitrogens is 1. The van der Waals surface area contributed by atoms with Crippen molar-refractivity contribution >= 4 is 17.5 Å². The molecule has 1 aromatic heterocycles. The van der Waals surface area contributed by atoms with Crippen molar-refractivity contribution in [2.45, 2.75) is 39.7 Å². The molecule has 2 heterocycles. The third kappa shape index (κ3) is 2.86. The number of nitrogens with zero attached hydrogens (tertiary/aromatic N) is 2. The Balaban J connectivity index is 2.28. The van der Waals surface area contributed by atoms with Crippen LogP contribution in [-0.2, 0) is 4.74 Å². The van der Waals surface area contributed by atoms with Gasteiger partial charge in [0.25, 0.3) is 0 Å². The standard InChI is InChI=1S/C15H23N3O2/c1-4-20-15(19)12-5-7-17-14(13(12)16)18-8-6-10(2)9-11(18)3/h5,7,10-11H,4,6,8-9,16H2,1-3H3. The molecule has 1 fully saturated rings. The predicted octanol–water partition coefficient (Wildman–Crippen LogP) is 2.47. The minimum Gasteiger partial charge on any atom is -0.462 e. The van der Waals surface area contributed by atoms with Crippen molar-refractivity contribution in [3.63, 3.8) is 0 Å². The van der Waals surface area contributed by atoms with Gasteiger partial charge in [0, 0.05) is 18.8 Å². The SMILES string of the molecule is CCOC(=O)c1ccnc(N2CCC(C)CC2C)c1N. The van der Waals surface area contributed by atoms with E-state index in [0.29, 0.717) is 29.7 Å². The Labute approximate surface area is 120 Å². The van der Waals surface area contributed by atoms with Gasteiger partial charge in [-0.2, -0.15) is 0 Å². The van der Waals surface area contributed by atoms with Gasteiger partial charge in [0.2, 0.25) is 0 Å². The Morgan fingerprint density at radius 3 is 2.95 bits per heavy atom. The van der Waals surface area contributed by atoms with Gasteiger partial charge in [0.15, 0.2) is 5.82 Å². The van der Waals surface area contributed by atoms with Gasteiger partial charge in [0.05, 0.1) is 17.9 Å². The summed E-state index contributed by atoms with van der Waals surface area (Å²) in [4.78, 5) is 18.5. The van der Waals surface area contributed by atoms with Crippen LogP contribution < -0.4 is 10.6 Å². The molecule has 1 aliphatic heterocycles. The highest BCUT2D eigenvalue weighted by molar-refractivity contribution is 5.97. The molecule has 20 heavy (non-hydrogen) atoms. The molecule has 2 rings (SSSR count). The molecule has 5 nitrogen and oxygen atoms in total. The Hall–Kier alpha value is -1.78. The first kappa shape index (κ1) is 14.6. The Bertz CT molecular complexity index is 490. The summed E-state index contributed by atoms with van der Waals surface area (Å²) in [5.74, 6) is 1.04. The van der Waals surface area contributed by atoms with Crippen LogP contribution in [-0.4, -0.2) is 30.1 Å². The first-order valence-electron chi connectivity index (χ1n) is 7.22. The normalized spacial score (nSPS) is 22.6. The van der Waals surface area contributed by atoms with E-state index in [1.165, 1.54) is 0 Å². The lowest BCUT2D eigenvalue weighted by molar-refractivity contribution is 0.0527. The van der Waals surface area contributed by atoms with Crippen LogP contribution in [0, 0.1) is 5.92 Å². The minimum atomic E-state index is -0.383. The first-order chi connectivity index (χ1) is 9.54. The van der Waals surface area contributed by atoms with E-state index >= 15 is 0 Å². The van der Waals surface area contributed by atoms with E-state index in [1.807, 2.05) is 0 Å². The zero-order valence-electron chi connectivity index (χ0n) is 12.4. The second-order valence-electron chi connectivity index (χ2n) is 5.49. The average molecular weight is 277 g/mol. The molecule has 0 saturated carbocycles. The molecule has 0 spiro atoms. The van der Waals surface area contributed by atoms with Crippen molar-refractivity contribution in [2.24, 2.45) is 5.92 Å². The molecule has 2 atom stereocenters. The molecule has 5 heteroatoms. The lowest BCUT2D eigenvalue weighted by Crippen LogP contribution is -2.41. The summed E-state index contributed by atoms with van der Waals surface area (Å²) >= 11 is 0. The zero-order chi connectivity index (χ0) is 14.7. The third-order valence-corrected chi connectivity index (χ3v) is 3.87. The van der Waals surface area contributed by atoms with Gasteiger partial charge < -0.3 is 15.4 Å².